The van der Waals surface area contributed by atoms with Gasteiger partial charge < -0.3 is 14.4 Å². The zero-order chi connectivity index (χ0) is 14.9. The van der Waals surface area contributed by atoms with Gasteiger partial charge in [0.15, 0.2) is 0 Å². The van der Waals surface area contributed by atoms with E-state index in [9.17, 15) is 0 Å². The molecule has 112 valence electrons. The van der Waals surface area contributed by atoms with Gasteiger partial charge in [0, 0.05) is 6.54 Å². The Balaban J connectivity index is 1.80. The molecule has 0 atom stereocenters. The van der Waals surface area contributed by atoms with Crippen molar-refractivity contribution in [1.29, 1.82) is 0 Å². The maximum Gasteiger partial charge on any atom is 0.130 e. The van der Waals surface area contributed by atoms with E-state index in [4.69, 9.17) is 9.47 Å². The van der Waals surface area contributed by atoms with Crippen molar-refractivity contribution in [1.82, 2.24) is 9.88 Å². The van der Waals surface area contributed by atoms with E-state index < -0.39 is 0 Å². The average Bonchev–Trinajstić information content (AvgIpc) is 2.51. The van der Waals surface area contributed by atoms with Crippen LogP contribution in [0.15, 0.2) is 48.5 Å². The van der Waals surface area contributed by atoms with Gasteiger partial charge in [-0.3, -0.25) is 4.98 Å². The maximum absolute atomic E-state index is 5.69. The molecule has 2 rings (SSSR count). The predicted molar refractivity (Wildman–Crippen MR) is 83.2 cm³/mol. The minimum atomic E-state index is 0.468. The van der Waals surface area contributed by atoms with Gasteiger partial charge in [-0.05, 0) is 38.4 Å². The molecule has 0 amide bonds. The predicted octanol–water partition coefficient (Wildman–Crippen LogP) is 2.74. The zero-order valence-electron chi connectivity index (χ0n) is 12.7. The van der Waals surface area contributed by atoms with E-state index >= 15 is 0 Å². The number of likely N-dealkylation sites (N-methyl/N-ethyl adjacent to an activating group) is 1. The number of benzene rings is 1. The summed E-state index contributed by atoms with van der Waals surface area (Å²) in [5.74, 6) is 0.854. The second-order valence-electron chi connectivity index (χ2n) is 5.08. The number of ether oxygens (including phenoxy) is 2. The van der Waals surface area contributed by atoms with Gasteiger partial charge in [-0.25, -0.2) is 0 Å². The first-order valence-electron chi connectivity index (χ1n) is 7.09. The third kappa shape index (κ3) is 5.94. The van der Waals surface area contributed by atoms with Crippen LogP contribution in [0, 0.1) is 0 Å². The molecule has 0 aliphatic heterocycles. The van der Waals surface area contributed by atoms with Gasteiger partial charge in [-0.2, -0.15) is 0 Å². The summed E-state index contributed by atoms with van der Waals surface area (Å²) in [5, 5.41) is 0. The third-order valence-corrected chi connectivity index (χ3v) is 2.93. The molecule has 0 aliphatic carbocycles. The monoisotopic (exact) mass is 286 g/mol. The second kappa shape index (κ2) is 8.39. The summed E-state index contributed by atoms with van der Waals surface area (Å²) < 4.78 is 11.3. The number of pyridine rings is 1. The summed E-state index contributed by atoms with van der Waals surface area (Å²) in [6, 6.07) is 15.7. The quantitative estimate of drug-likeness (QED) is 0.699. The minimum absolute atomic E-state index is 0.468. The molecule has 21 heavy (non-hydrogen) atoms. The van der Waals surface area contributed by atoms with Crippen LogP contribution < -0.4 is 4.74 Å². The van der Waals surface area contributed by atoms with Gasteiger partial charge in [-0.15, -0.1) is 0 Å². The molecule has 1 aromatic carbocycles. The Morgan fingerprint density at radius 3 is 2.33 bits per heavy atom. The Bertz CT molecular complexity index is 529. The molecule has 0 unspecified atom stereocenters. The van der Waals surface area contributed by atoms with Crippen molar-refractivity contribution in [2.24, 2.45) is 0 Å². The van der Waals surface area contributed by atoms with Crippen molar-refractivity contribution in [3.05, 3.63) is 59.9 Å². The van der Waals surface area contributed by atoms with Crippen LogP contribution in [-0.4, -0.2) is 37.1 Å². The molecule has 0 radical (unpaired) electrons. The van der Waals surface area contributed by atoms with Gasteiger partial charge in [0.2, 0.25) is 0 Å². The Morgan fingerprint density at radius 1 is 0.905 bits per heavy atom. The standard InChI is InChI=1S/C17H22N2O2/c1-19(2)11-12-20-13-15-7-6-8-16(18-15)14-21-17-9-4-3-5-10-17/h3-10H,11-14H2,1-2H3. The largest absolute Gasteiger partial charge is 0.487 e. The molecule has 2 aromatic rings. The van der Waals surface area contributed by atoms with Crippen molar-refractivity contribution in [2.75, 3.05) is 27.2 Å². The molecule has 0 saturated carbocycles. The first-order chi connectivity index (χ1) is 10.2. The Labute approximate surface area is 126 Å². The molecule has 0 fully saturated rings. The lowest BCUT2D eigenvalue weighted by Crippen LogP contribution is -2.18. The van der Waals surface area contributed by atoms with Crippen LogP contribution in [-0.2, 0) is 18.0 Å². The fourth-order valence-corrected chi connectivity index (χ4v) is 1.79. The number of aromatic nitrogens is 1. The number of rotatable bonds is 8. The molecule has 0 spiro atoms. The maximum atomic E-state index is 5.69. The number of hydrogen-bond acceptors (Lipinski definition) is 4. The normalized spacial score (nSPS) is 10.8. The molecule has 0 aliphatic rings. The fourth-order valence-electron chi connectivity index (χ4n) is 1.79. The van der Waals surface area contributed by atoms with Crippen LogP contribution in [0.2, 0.25) is 0 Å². The molecule has 0 bridgehead atoms. The lowest BCUT2D eigenvalue weighted by molar-refractivity contribution is 0.103. The summed E-state index contributed by atoms with van der Waals surface area (Å²) in [6.07, 6.45) is 0. The number of nitrogens with zero attached hydrogens (tertiary/aromatic N) is 2. The van der Waals surface area contributed by atoms with E-state index in [0.717, 1.165) is 23.7 Å². The smallest absolute Gasteiger partial charge is 0.130 e. The van der Waals surface area contributed by atoms with Crippen LogP contribution in [0.5, 0.6) is 5.75 Å². The highest BCUT2D eigenvalue weighted by atomic mass is 16.5. The van der Waals surface area contributed by atoms with Gasteiger partial charge in [0.1, 0.15) is 12.4 Å². The van der Waals surface area contributed by atoms with E-state index in [2.05, 4.69) is 9.88 Å². The fraction of sp³-hybridized carbons (Fsp3) is 0.353. The molecular weight excluding hydrogens is 264 g/mol. The van der Waals surface area contributed by atoms with Crippen LogP contribution in [0.1, 0.15) is 11.4 Å². The zero-order valence-corrected chi connectivity index (χ0v) is 12.7. The van der Waals surface area contributed by atoms with Crippen molar-refractivity contribution < 1.29 is 9.47 Å². The summed E-state index contributed by atoms with van der Waals surface area (Å²) in [7, 11) is 4.06. The Morgan fingerprint density at radius 2 is 1.62 bits per heavy atom. The highest BCUT2D eigenvalue weighted by Crippen LogP contribution is 2.11. The molecule has 0 N–H and O–H groups in total. The lowest BCUT2D eigenvalue weighted by Gasteiger charge is -2.10. The van der Waals surface area contributed by atoms with Crippen LogP contribution >= 0.6 is 0 Å². The molecule has 4 heteroatoms. The molecule has 0 saturated heterocycles. The van der Waals surface area contributed by atoms with Gasteiger partial charge in [0.25, 0.3) is 0 Å². The van der Waals surface area contributed by atoms with E-state index in [1.165, 1.54) is 0 Å². The summed E-state index contributed by atoms with van der Waals surface area (Å²) in [4.78, 5) is 6.64. The lowest BCUT2D eigenvalue weighted by atomic mass is 10.3. The Hall–Kier alpha value is -1.91. The van der Waals surface area contributed by atoms with Crippen molar-refractivity contribution in [2.45, 2.75) is 13.2 Å². The molecule has 4 nitrogen and oxygen atoms in total. The van der Waals surface area contributed by atoms with Crippen molar-refractivity contribution in [3.63, 3.8) is 0 Å². The van der Waals surface area contributed by atoms with E-state index in [1.807, 2.05) is 62.6 Å². The van der Waals surface area contributed by atoms with Gasteiger partial charge >= 0.3 is 0 Å². The van der Waals surface area contributed by atoms with Crippen molar-refractivity contribution in [3.8, 4) is 5.75 Å². The SMILES string of the molecule is CN(C)CCOCc1cccc(COc2ccccc2)n1. The van der Waals surface area contributed by atoms with Crippen LogP contribution in [0.25, 0.3) is 0 Å². The number of hydrogen-bond donors (Lipinski definition) is 0. The second-order valence-corrected chi connectivity index (χ2v) is 5.08. The van der Waals surface area contributed by atoms with Crippen LogP contribution in [0.4, 0.5) is 0 Å². The topological polar surface area (TPSA) is 34.6 Å². The first-order valence-corrected chi connectivity index (χ1v) is 7.09. The summed E-state index contributed by atoms with van der Waals surface area (Å²) in [6.45, 7) is 2.62. The van der Waals surface area contributed by atoms with E-state index in [1.54, 1.807) is 0 Å². The van der Waals surface area contributed by atoms with E-state index in [-0.39, 0.29) is 0 Å². The molecule has 1 heterocycles. The molecular formula is C17H22N2O2. The third-order valence-electron chi connectivity index (χ3n) is 2.93. The summed E-state index contributed by atoms with van der Waals surface area (Å²) >= 11 is 0. The average molecular weight is 286 g/mol. The molecule has 1 aromatic heterocycles. The first kappa shape index (κ1) is 15.5. The highest BCUT2D eigenvalue weighted by molar-refractivity contribution is 5.21. The van der Waals surface area contributed by atoms with E-state index in [0.29, 0.717) is 19.8 Å². The minimum Gasteiger partial charge on any atom is -0.487 e. The van der Waals surface area contributed by atoms with Gasteiger partial charge in [0.05, 0.1) is 24.6 Å². The highest BCUT2D eigenvalue weighted by Gasteiger charge is 2.00. The van der Waals surface area contributed by atoms with Gasteiger partial charge in [-0.1, -0.05) is 24.3 Å². The Kier molecular flexibility index (Phi) is 6.19. The van der Waals surface area contributed by atoms with Crippen LogP contribution in [0.3, 0.4) is 0 Å². The summed E-state index contributed by atoms with van der Waals surface area (Å²) in [5.41, 5.74) is 1.84. The van der Waals surface area contributed by atoms with Crippen molar-refractivity contribution >= 4 is 0 Å². The number of para-hydroxylation sites is 1.